The predicted octanol–water partition coefficient (Wildman–Crippen LogP) is 2.53. The summed E-state index contributed by atoms with van der Waals surface area (Å²) < 4.78 is 5.18. The number of nitrogens with zero attached hydrogens (tertiary/aromatic N) is 1. The van der Waals surface area contributed by atoms with Crippen LogP contribution in [0.15, 0.2) is 24.3 Å². The zero-order valence-corrected chi connectivity index (χ0v) is 12.1. The van der Waals surface area contributed by atoms with E-state index in [1.165, 1.54) is 24.0 Å². The number of ether oxygens (including phenoxy) is 1. The van der Waals surface area contributed by atoms with E-state index in [-0.39, 0.29) is 0 Å². The largest absolute Gasteiger partial charge is 0.383 e. The van der Waals surface area contributed by atoms with Crippen LogP contribution >= 0.6 is 0 Å². The van der Waals surface area contributed by atoms with E-state index < -0.39 is 0 Å². The monoisotopic (exact) mass is 262 g/mol. The van der Waals surface area contributed by atoms with Gasteiger partial charge in [-0.3, -0.25) is 4.90 Å². The maximum Gasteiger partial charge on any atom is 0.0589 e. The molecule has 0 bridgehead atoms. The quantitative estimate of drug-likeness (QED) is 0.782. The SMILES string of the molecule is CCN(CCOC)C(CN)c1ccc(C2CC2)cc1. The zero-order chi connectivity index (χ0) is 13.7. The highest BCUT2D eigenvalue weighted by atomic mass is 16.5. The molecule has 1 unspecified atom stereocenters. The first-order chi connectivity index (χ1) is 9.30. The molecule has 0 spiro atoms. The van der Waals surface area contributed by atoms with E-state index in [1.807, 2.05) is 0 Å². The minimum Gasteiger partial charge on any atom is -0.383 e. The molecule has 1 saturated carbocycles. The van der Waals surface area contributed by atoms with Gasteiger partial charge >= 0.3 is 0 Å². The first-order valence-electron chi connectivity index (χ1n) is 7.33. The summed E-state index contributed by atoms with van der Waals surface area (Å²) in [6.45, 7) is 5.51. The van der Waals surface area contributed by atoms with Crippen LogP contribution in [0.5, 0.6) is 0 Å². The fourth-order valence-corrected chi connectivity index (χ4v) is 2.65. The van der Waals surface area contributed by atoms with E-state index in [0.717, 1.165) is 25.6 Å². The lowest BCUT2D eigenvalue weighted by Gasteiger charge is -2.30. The van der Waals surface area contributed by atoms with Gasteiger partial charge < -0.3 is 10.5 Å². The third-order valence-electron chi connectivity index (χ3n) is 4.02. The van der Waals surface area contributed by atoms with E-state index in [9.17, 15) is 0 Å². The van der Waals surface area contributed by atoms with Crippen molar-refractivity contribution in [3.05, 3.63) is 35.4 Å². The van der Waals surface area contributed by atoms with E-state index in [1.54, 1.807) is 7.11 Å². The molecule has 0 radical (unpaired) electrons. The fourth-order valence-electron chi connectivity index (χ4n) is 2.65. The van der Waals surface area contributed by atoms with Gasteiger partial charge in [0, 0.05) is 26.2 Å². The molecule has 1 atom stereocenters. The van der Waals surface area contributed by atoms with Crippen molar-refractivity contribution in [1.29, 1.82) is 0 Å². The van der Waals surface area contributed by atoms with Crippen LogP contribution in [0, 0.1) is 0 Å². The van der Waals surface area contributed by atoms with Gasteiger partial charge in [-0.25, -0.2) is 0 Å². The lowest BCUT2D eigenvalue weighted by atomic mass is 10.0. The van der Waals surface area contributed by atoms with Crippen molar-refractivity contribution in [2.24, 2.45) is 5.73 Å². The summed E-state index contributed by atoms with van der Waals surface area (Å²) >= 11 is 0. The van der Waals surface area contributed by atoms with Crippen LogP contribution < -0.4 is 5.73 Å². The minimum atomic E-state index is 0.299. The standard InChI is InChI=1S/C16H26N2O/c1-3-18(10-11-19-2)16(12-17)15-8-6-14(7-9-15)13-4-5-13/h6-9,13,16H,3-5,10-12,17H2,1-2H3. The van der Waals surface area contributed by atoms with Gasteiger partial charge in [0.25, 0.3) is 0 Å². The lowest BCUT2D eigenvalue weighted by molar-refractivity contribution is 0.125. The Balaban J connectivity index is 2.05. The molecule has 0 aliphatic heterocycles. The molecular weight excluding hydrogens is 236 g/mol. The molecule has 106 valence electrons. The normalized spacial score (nSPS) is 16.8. The van der Waals surface area contributed by atoms with Gasteiger partial charge in [0.2, 0.25) is 0 Å². The second kappa shape index (κ2) is 7.04. The van der Waals surface area contributed by atoms with Crippen molar-refractivity contribution >= 4 is 0 Å². The molecule has 1 aromatic rings. The van der Waals surface area contributed by atoms with Crippen molar-refractivity contribution in [2.45, 2.75) is 31.7 Å². The van der Waals surface area contributed by atoms with E-state index >= 15 is 0 Å². The molecule has 2 N–H and O–H groups in total. The van der Waals surface area contributed by atoms with Gasteiger partial charge in [0.1, 0.15) is 0 Å². The van der Waals surface area contributed by atoms with Crippen molar-refractivity contribution in [3.8, 4) is 0 Å². The average Bonchev–Trinajstić information content (AvgIpc) is 3.28. The van der Waals surface area contributed by atoms with Crippen LogP contribution in [-0.2, 0) is 4.74 Å². The zero-order valence-electron chi connectivity index (χ0n) is 12.1. The van der Waals surface area contributed by atoms with Crippen molar-refractivity contribution in [2.75, 3.05) is 33.4 Å². The third-order valence-corrected chi connectivity index (χ3v) is 4.02. The van der Waals surface area contributed by atoms with Gasteiger partial charge in [0.15, 0.2) is 0 Å². The van der Waals surface area contributed by atoms with Gasteiger partial charge in [-0.1, -0.05) is 31.2 Å². The molecule has 3 nitrogen and oxygen atoms in total. The van der Waals surface area contributed by atoms with Crippen LogP contribution in [-0.4, -0.2) is 38.3 Å². The Kier molecular flexibility index (Phi) is 5.37. The highest BCUT2D eigenvalue weighted by Crippen LogP contribution is 2.40. The second-order valence-corrected chi connectivity index (χ2v) is 5.31. The predicted molar refractivity (Wildman–Crippen MR) is 79.3 cm³/mol. The first kappa shape index (κ1) is 14.5. The Morgan fingerprint density at radius 3 is 2.47 bits per heavy atom. The van der Waals surface area contributed by atoms with Crippen LogP contribution in [0.4, 0.5) is 0 Å². The summed E-state index contributed by atoms with van der Waals surface area (Å²) in [5, 5.41) is 0. The van der Waals surface area contributed by atoms with Crippen LogP contribution in [0.3, 0.4) is 0 Å². The topological polar surface area (TPSA) is 38.5 Å². The summed E-state index contributed by atoms with van der Waals surface area (Å²) in [6.07, 6.45) is 2.71. The molecular formula is C16H26N2O. The average molecular weight is 262 g/mol. The third kappa shape index (κ3) is 3.78. The number of hydrogen-bond acceptors (Lipinski definition) is 3. The molecule has 1 aliphatic carbocycles. The Morgan fingerprint density at radius 1 is 1.32 bits per heavy atom. The smallest absolute Gasteiger partial charge is 0.0589 e. The number of methoxy groups -OCH3 is 1. The van der Waals surface area contributed by atoms with Crippen molar-refractivity contribution in [1.82, 2.24) is 4.90 Å². The summed E-state index contributed by atoms with van der Waals surface area (Å²) in [6, 6.07) is 9.36. The highest BCUT2D eigenvalue weighted by molar-refractivity contribution is 5.30. The van der Waals surface area contributed by atoms with Crippen molar-refractivity contribution < 1.29 is 4.74 Å². The maximum absolute atomic E-state index is 5.98. The molecule has 1 aromatic carbocycles. The van der Waals surface area contributed by atoms with Crippen molar-refractivity contribution in [3.63, 3.8) is 0 Å². The molecule has 1 aliphatic rings. The summed E-state index contributed by atoms with van der Waals surface area (Å²) in [5.74, 6) is 0.821. The Hall–Kier alpha value is -0.900. The van der Waals surface area contributed by atoms with Crippen LogP contribution in [0.2, 0.25) is 0 Å². The van der Waals surface area contributed by atoms with E-state index in [2.05, 4.69) is 36.1 Å². The number of benzene rings is 1. The van der Waals surface area contributed by atoms with Crippen LogP contribution in [0.25, 0.3) is 0 Å². The first-order valence-corrected chi connectivity index (χ1v) is 7.33. The molecule has 0 heterocycles. The molecule has 2 rings (SSSR count). The summed E-state index contributed by atoms with van der Waals surface area (Å²) in [4.78, 5) is 2.38. The Morgan fingerprint density at radius 2 is 2.00 bits per heavy atom. The number of hydrogen-bond donors (Lipinski definition) is 1. The summed E-state index contributed by atoms with van der Waals surface area (Å²) in [7, 11) is 1.75. The molecule has 19 heavy (non-hydrogen) atoms. The number of likely N-dealkylation sites (N-methyl/N-ethyl adjacent to an activating group) is 1. The lowest BCUT2D eigenvalue weighted by Crippen LogP contribution is -2.36. The molecule has 3 heteroatoms. The molecule has 0 saturated heterocycles. The highest BCUT2D eigenvalue weighted by Gasteiger charge is 2.24. The number of rotatable bonds is 8. The van der Waals surface area contributed by atoms with Gasteiger partial charge in [-0.2, -0.15) is 0 Å². The maximum atomic E-state index is 5.98. The minimum absolute atomic E-state index is 0.299. The molecule has 0 aromatic heterocycles. The van der Waals surface area contributed by atoms with Gasteiger partial charge in [0.05, 0.1) is 6.61 Å². The fraction of sp³-hybridized carbons (Fsp3) is 0.625. The molecule has 0 amide bonds. The van der Waals surface area contributed by atoms with E-state index in [4.69, 9.17) is 10.5 Å². The van der Waals surface area contributed by atoms with E-state index in [0.29, 0.717) is 12.6 Å². The molecule has 1 fully saturated rings. The Bertz CT molecular complexity index is 373. The summed E-state index contributed by atoms with van der Waals surface area (Å²) in [5.41, 5.74) is 8.79. The van der Waals surface area contributed by atoms with Gasteiger partial charge in [-0.15, -0.1) is 0 Å². The van der Waals surface area contributed by atoms with Gasteiger partial charge in [-0.05, 0) is 36.4 Å². The number of nitrogens with two attached hydrogens (primary N) is 1. The Labute approximate surface area is 116 Å². The second-order valence-electron chi connectivity index (χ2n) is 5.31. The van der Waals surface area contributed by atoms with Crippen LogP contribution in [0.1, 0.15) is 42.9 Å².